The van der Waals surface area contributed by atoms with Crippen molar-refractivity contribution in [3.8, 4) is 0 Å². The lowest BCUT2D eigenvalue weighted by Gasteiger charge is -2.07. The Balaban J connectivity index is 2.78. The number of hydrogen-bond donors (Lipinski definition) is 1. The van der Waals surface area contributed by atoms with Gasteiger partial charge in [-0.15, -0.1) is 0 Å². The van der Waals surface area contributed by atoms with Crippen LogP contribution in [0, 0.1) is 13.8 Å². The summed E-state index contributed by atoms with van der Waals surface area (Å²) in [6.07, 6.45) is 2.22. The molecule has 1 aromatic carbocycles. The van der Waals surface area contributed by atoms with Gasteiger partial charge >= 0.3 is 0 Å². The van der Waals surface area contributed by atoms with Crippen molar-refractivity contribution in [2.45, 2.75) is 26.7 Å². The highest BCUT2D eigenvalue weighted by molar-refractivity contribution is 5.87. The molecule has 2 rings (SSSR count). The molecule has 0 aliphatic heterocycles. The van der Waals surface area contributed by atoms with E-state index < -0.39 is 0 Å². The van der Waals surface area contributed by atoms with Gasteiger partial charge in [-0.25, -0.2) is 0 Å². The van der Waals surface area contributed by atoms with Crippen molar-refractivity contribution in [1.82, 2.24) is 4.57 Å². The number of nitrogens with two attached hydrogens (primary N) is 1. The summed E-state index contributed by atoms with van der Waals surface area (Å²) in [4.78, 5) is 0. The lowest BCUT2D eigenvalue weighted by Crippen LogP contribution is -2.08. The molecule has 0 saturated heterocycles. The smallest absolute Gasteiger partial charge is 0.0510 e. The molecule has 0 bridgehead atoms. The Kier molecular flexibility index (Phi) is 2.76. The minimum atomic E-state index is 0.421. The molecular weight excluding hydrogens is 196 g/mol. The lowest BCUT2D eigenvalue weighted by molar-refractivity contribution is 0.774. The number of nitrogens with zero attached hydrogens (tertiary/aromatic N) is 1. The Bertz CT molecular complexity index is 523. The third-order valence-corrected chi connectivity index (χ3v) is 3.33. The zero-order chi connectivity index (χ0) is 11.9. The van der Waals surface area contributed by atoms with Crippen LogP contribution in [0.4, 0.5) is 0 Å². The van der Waals surface area contributed by atoms with Crippen LogP contribution in [-0.2, 0) is 7.05 Å². The lowest BCUT2D eigenvalue weighted by atomic mass is 9.98. The molecule has 0 saturated carbocycles. The Hall–Kier alpha value is -1.28. The number of hydrogen-bond acceptors (Lipinski definition) is 1. The average Bonchev–Trinajstić information content (AvgIpc) is 2.54. The van der Waals surface area contributed by atoms with E-state index >= 15 is 0 Å². The molecule has 0 fully saturated rings. The molecular formula is C14H20N2. The molecule has 2 N–H and O–H groups in total. The predicted octanol–water partition coefficient (Wildman–Crippen LogP) is 2.86. The molecule has 0 radical (unpaired) electrons. The van der Waals surface area contributed by atoms with E-state index in [1.165, 1.54) is 27.6 Å². The zero-order valence-corrected chi connectivity index (χ0v) is 10.5. The van der Waals surface area contributed by atoms with Crippen molar-refractivity contribution in [3.05, 3.63) is 35.0 Å². The maximum atomic E-state index is 5.77. The van der Waals surface area contributed by atoms with Gasteiger partial charge in [0, 0.05) is 18.6 Å². The third-order valence-electron chi connectivity index (χ3n) is 3.33. The van der Waals surface area contributed by atoms with Crippen molar-refractivity contribution in [2.24, 2.45) is 12.8 Å². The molecule has 2 nitrogen and oxygen atoms in total. The number of rotatable bonds is 2. The Morgan fingerprint density at radius 3 is 2.62 bits per heavy atom. The molecule has 0 aliphatic rings. The van der Waals surface area contributed by atoms with Gasteiger partial charge in [0.15, 0.2) is 0 Å². The predicted molar refractivity (Wildman–Crippen MR) is 69.9 cm³/mol. The highest BCUT2D eigenvalue weighted by Gasteiger charge is 2.13. The molecule has 86 valence electrons. The second-order valence-corrected chi connectivity index (χ2v) is 4.81. The molecule has 0 aliphatic carbocycles. The van der Waals surface area contributed by atoms with Crippen LogP contribution < -0.4 is 5.73 Å². The van der Waals surface area contributed by atoms with Gasteiger partial charge in [0.1, 0.15) is 0 Å². The van der Waals surface area contributed by atoms with Crippen LogP contribution in [-0.4, -0.2) is 11.1 Å². The number of aromatic nitrogens is 1. The van der Waals surface area contributed by atoms with E-state index in [0.29, 0.717) is 12.5 Å². The Morgan fingerprint density at radius 1 is 1.31 bits per heavy atom. The largest absolute Gasteiger partial charge is 0.350 e. The highest BCUT2D eigenvalue weighted by atomic mass is 14.9. The first kappa shape index (κ1) is 11.2. The number of benzene rings is 1. The molecule has 0 amide bonds. The maximum Gasteiger partial charge on any atom is 0.0510 e. The molecule has 1 unspecified atom stereocenters. The average molecular weight is 216 g/mol. The monoisotopic (exact) mass is 216 g/mol. The van der Waals surface area contributed by atoms with E-state index in [1.807, 2.05) is 0 Å². The van der Waals surface area contributed by atoms with Gasteiger partial charge in [0.2, 0.25) is 0 Å². The van der Waals surface area contributed by atoms with E-state index in [0.717, 1.165) is 0 Å². The molecule has 1 heterocycles. The van der Waals surface area contributed by atoms with Crippen LogP contribution >= 0.6 is 0 Å². The van der Waals surface area contributed by atoms with Crippen molar-refractivity contribution in [1.29, 1.82) is 0 Å². The third kappa shape index (κ3) is 1.63. The minimum Gasteiger partial charge on any atom is -0.350 e. The van der Waals surface area contributed by atoms with Gasteiger partial charge in [-0.3, -0.25) is 0 Å². The fourth-order valence-electron chi connectivity index (χ4n) is 2.51. The second kappa shape index (κ2) is 3.95. The van der Waals surface area contributed by atoms with Crippen molar-refractivity contribution in [2.75, 3.05) is 6.54 Å². The first-order valence-electron chi connectivity index (χ1n) is 5.80. The summed E-state index contributed by atoms with van der Waals surface area (Å²) in [5.41, 5.74) is 11.1. The second-order valence-electron chi connectivity index (χ2n) is 4.81. The van der Waals surface area contributed by atoms with E-state index in [1.54, 1.807) is 0 Å². The van der Waals surface area contributed by atoms with Gasteiger partial charge < -0.3 is 10.3 Å². The number of fused-ring (bicyclic) bond motifs is 1. The SMILES string of the molecule is Cc1cc(C)c2c(c1)c(C(C)CN)cn2C. The van der Waals surface area contributed by atoms with Gasteiger partial charge in [0.05, 0.1) is 5.52 Å². The summed E-state index contributed by atoms with van der Waals surface area (Å²) in [6, 6.07) is 4.50. The fraction of sp³-hybridized carbons (Fsp3) is 0.429. The number of aryl methyl sites for hydroxylation is 3. The standard InChI is InChI=1S/C14H20N2/c1-9-5-10(2)14-12(6-9)13(8-16(14)4)11(3)7-15/h5-6,8,11H,7,15H2,1-4H3. The van der Waals surface area contributed by atoms with E-state index in [2.05, 4.69) is 50.7 Å². The zero-order valence-electron chi connectivity index (χ0n) is 10.5. The Morgan fingerprint density at radius 2 is 2.00 bits per heavy atom. The van der Waals surface area contributed by atoms with Crippen LogP contribution in [0.15, 0.2) is 18.3 Å². The van der Waals surface area contributed by atoms with Crippen LogP contribution in [0.25, 0.3) is 10.9 Å². The van der Waals surface area contributed by atoms with Crippen molar-refractivity contribution >= 4 is 10.9 Å². The van der Waals surface area contributed by atoms with E-state index in [4.69, 9.17) is 5.73 Å². The summed E-state index contributed by atoms with van der Waals surface area (Å²) >= 11 is 0. The fourth-order valence-corrected chi connectivity index (χ4v) is 2.51. The first-order chi connectivity index (χ1) is 7.54. The molecule has 0 spiro atoms. The molecule has 16 heavy (non-hydrogen) atoms. The van der Waals surface area contributed by atoms with Gasteiger partial charge in [0.25, 0.3) is 0 Å². The Labute approximate surface area is 97.1 Å². The van der Waals surface area contributed by atoms with Crippen molar-refractivity contribution < 1.29 is 0 Å². The maximum absolute atomic E-state index is 5.77. The minimum absolute atomic E-state index is 0.421. The van der Waals surface area contributed by atoms with Crippen LogP contribution in [0.5, 0.6) is 0 Å². The first-order valence-corrected chi connectivity index (χ1v) is 5.80. The summed E-state index contributed by atoms with van der Waals surface area (Å²) in [5, 5.41) is 1.36. The van der Waals surface area contributed by atoms with E-state index in [-0.39, 0.29) is 0 Å². The van der Waals surface area contributed by atoms with Crippen LogP contribution in [0.1, 0.15) is 29.5 Å². The van der Waals surface area contributed by atoms with Gasteiger partial charge in [-0.1, -0.05) is 18.6 Å². The van der Waals surface area contributed by atoms with Crippen LogP contribution in [0.3, 0.4) is 0 Å². The summed E-state index contributed by atoms with van der Waals surface area (Å²) in [6.45, 7) is 7.21. The molecule has 1 atom stereocenters. The quantitative estimate of drug-likeness (QED) is 0.822. The molecule has 2 aromatic rings. The summed E-state index contributed by atoms with van der Waals surface area (Å²) in [5.74, 6) is 0.421. The summed E-state index contributed by atoms with van der Waals surface area (Å²) in [7, 11) is 2.11. The van der Waals surface area contributed by atoms with Crippen LogP contribution in [0.2, 0.25) is 0 Å². The summed E-state index contributed by atoms with van der Waals surface area (Å²) < 4.78 is 2.21. The van der Waals surface area contributed by atoms with Crippen molar-refractivity contribution in [3.63, 3.8) is 0 Å². The van der Waals surface area contributed by atoms with Gasteiger partial charge in [-0.2, -0.15) is 0 Å². The highest BCUT2D eigenvalue weighted by Crippen LogP contribution is 2.29. The normalized spacial score (nSPS) is 13.3. The van der Waals surface area contributed by atoms with Gasteiger partial charge in [-0.05, 0) is 43.5 Å². The topological polar surface area (TPSA) is 30.9 Å². The molecule has 2 heteroatoms. The molecule has 1 aromatic heterocycles. The van der Waals surface area contributed by atoms with E-state index in [9.17, 15) is 0 Å².